The Hall–Kier alpha value is -1.39. The van der Waals surface area contributed by atoms with Crippen molar-refractivity contribution in [1.82, 2.24) is 10.2 Å². The minimum atomic E-state index is -0.0886. The Kier molecular flexibility index (Phi) is 4.93. The van der Waals surface area contributed by atoms with Gasteiger partial charge in [0.05, 0.1) is 19.3 Å². The van der Waals surface area contributed by atoms with Crippen molar-refractivity contribution in [3.8, 4) is 0 Å². The molecule has 1 aromatic rings. The van der Waals surface area contributed by atoms with Crippen molar-refractivity contribution in [2.24, 2.45) is 0 Å². The van der Waals surface area contributed by atoms with Crippen LogP contribution in [0.5, 0.6) is 0 Å². The maximum Gasteiger partial charge on any atom is 0.237 e. The number of morpholine rings is 1. The van der Waals surface area contributed by atoms with Crippen LogP contribution in [0, 0.1) is 6.92 Å². The molecule has 2 rings (SSSR count). The van der Waals surface area contributed by atoms with Crippen molar-refractivity contribution < 1.29 is 9.53 Å². The molecule has 0 saturated carbocycles. The Balaban J connectivity index is 1.81. The third kappa shape index (κ3) is 4.04. The fourth-order valence-corrected chi connectivity index (χ4v) is 2.17. The van der Waals surface area contributed by atoms with E-state index < -0.39 is 0 Å². The molecule has 19 heavy (non-hydrogen) atoms. The molecular formula is C15H22N2O2. The normalized spacial score (nSPS) is 18.0. The molecule has 1 heterocycles. The van der Waals surface area contributed by atoms with Gasteiger partial charge in [0.2, 0.25) is 5.91 Å². The van der Waals surface area contributed by atoms with Crippen molar-refractivity contribution in [2.75, 3.05) is 26.3 Å². The zero-order valence-electron chi connectivity index (χ0n) is 11.7. The van der Waals surface area contributed by atoms with Crippen molar-refractivity contribution in [1.29, 1.82) is 0 Å². The van der Waals surface area contributed by atoms with Crippen LogP contribution in [0.15, 0.2) is 24.3 Å². The second kappa shape index (κ2) is 6.68. The molecule has 1 aliphatic heterocycles. The van der Waals surface area contributed by atoms with Gasteiger partial charge in [0.15, 0.2) is 0 Å². The molecule has 0 aliphatic carbocycles. The van der Waals surface area contributed by atoms with Gasteiger partial charge in [-0.15, -0.1) is 0 Å². The summed E-state index contributed by atoms with van der Waals surface area (Å²) in [6.45, 7) is 7.70. The van der Waals surface area contributed by atoms with Crippen molar-refractivity contribution in [3.05, 3.63) is 35.4 Å². The van der Waals surface area contributed by atoms with Gasteiger partial charge in [-0.3, -0.25) is 9.69 Å². The van der Waals surface area contributed by atoms with Gasteiger partial charge >= 0.3 is 0 Å². The molecule has 1 atom stereocenters. The van der Waals surface area contributed by atoms with Gasteiger partial charge in [-0.25, -0.2) is 0 Å². The Morgan fingerprint density at radius 1 is 1.32 bits per heavy atom. The van der Waals surface area contributed by atoms with Crippen LogP contribution in [-0.2, 0) is 16.1 Å². The minimum absolute atomic E-state index is 0.0856. The highest BCUT2D eigenvalue weighted by molar-refractivity contribution is 5.81. The summed E-state index contributed by atoms with van der Waals surface area (Å²) in [6.07, 6.45) is 0. The predicted octanol–water partition coefficient (Wildman–Crippen LogP) is 1.33. The molecule has 0 radical (unpaired) electrons. The van der Waals surface area contributed by atoms with E-state index in [9.17, 15) is 4.79 Å². The van der Waals surface area contributed by atoms with E-state index in [1.54, 1.807) is 0 Å². The fraction of sp³-hybridized carbons (Fsp3) is 0.533. The second-order valence-electron chi connectivity index (χ2n) is 5.03. The van der Waals surface area contributed by atoms with E-state index in [0.717, 1.165) is 31.9 Å². The maximum absolute atomic E-state index is 12.1. The predicted molar refractivity (Wildman–Crippen MR) is 74.9 cm³/mol. The summed E-state index contributed by atoms with van der Waals surface area (Å²) in [6, 6.07) is 8.14. The maximum atomic E-state index is 12.1. The van der Waals surface area contributed by atoms with Gasteiger partial charge in [-0.2, -0.15) is 0 Å². The lowest BCUT2D eigenvalue weighted by Crippen LogP contribution is -2.49. The van der Waals surface area contributed by atoms with Crippen LogP contribution in [0.4, 0.5) is 0 Å². The largest absolute Gasteiger partial charge is 0.379 e. The van der Waals surface area contributed by atoms with Gasteiger partial charge in [0, 0.05) is 19.6 Å². The molecule has 0 bridgehead atoms. The summed E-state index contributed by atoms with van der Waals surface area (Å²) >= 11 is 0. The summed E-state index contributed by atoms with van der Waals surface area (Å²) in [4.78, 5) is 14.2. The van der Waals surface area contributed by atoms with Crippen LogP contribution in [0.2, 0.25) is 0 Å². The Morgan fingerprint density at radius 2 is 1.95 bits per heavy atom. The van der Waals surface area contributed by atoms with E-state index >= 15 is 0 Å². The number of hydrogen-bond donors (Lipinski definition) is 1. The minimum Gasteiger partial charge on any atom is -0.379 e. The van der Waals surface area contributed by atoms with Gasteiger partial charge in [0.1, 0.15) is 0 Å². The lowest BCUT2D eigenvalue weighted by atomic mass is 10.1. The van der Waals surface area contributed by atoms with Crippen LogP contribution >= 0.6 is 0 Å². The SMILES string of the molecule is Cc1ccc(CNC(=O)[C@H](C)N2CCOCC2)cc1. The zero-order valence-corrected chi connectivity index (χ0v) is 11.7. The first-order chi connectivity index (χ1) is 9.16. The number of carbonyl (C=O) groups excluding carboxylic acids is 1. The summed E-state index contributed by atoms with van der Waals surface area (Å²) in [5, 5.41) is 2.99. The highest BCUT2D eigenvalue weighted by Gasteiger charge is 2.22. The topological polar surface area (TPSA) is 41.6 Å². The standard InChI is InChI=1S/C15H22N2O2/c1-12-3-5-14(6-4-12)11-16-15(18)13(2)17-7-9-19-10-8-17/h3-6,13H,7-11H2,1-2H3,(H,16,18)/t13-/m0/s1. The van der Waals surface area contributed by atoms with Crippen LogP contribution in [0.25, 0.3) is 0 Å². The monoisotopic (exact) mass is 262 g/mol. The van der Waals surface area contributed by atoms with Crippen LogP contribution < -0.4 is 5.32 Å². The molecule has 4 heteroatoms. The molecular weight excluding hydrogens is 240 g/mol. The summed E-state index contributed by atoms with van der Waals surface area (Å²) in [5.41, 5.74) is 2.37. The van der Waals surface area contributed by atoms with E-state index in [-0.39, 0.29) is 11.9 Å². The quantitative estimate of drug-likeness (QED) is 0.890. The fourth-order valence-electron chi connectivity index (χ4n) is 2.17. The van der Waals surface area contributed by atoms with Crippen molar-refractivity contribution in [2.45, 2.75) is 26.4 Å². The van der Waals surface area contributed by atoms with E-state index in [0.29, 0.717) is 6.54 Å². The molecule has 1 aromatic carbocycles. The third-order valence-electron chi connectivity index (χ3n) is 3.56. The third-order valence-corrected chi connectivity index (χ3v) is 3.56. The highest BCUT2D eigenvalue weighted by atomic mass is 16.5. The molecule has 104 valence electrons. The van der Waals surface area contributed by atoms with Crippen LogP contribution in [0.1, 0.15) is 18.1 Å². The smallest absolute Gasteiger partial charge is 0.237 e. The number of hydrogen-bond acceptors (Lipinski definition) is 3. The number of ether oxygens (including phenoxy) is 1. The first-order valence-corrected chi connectivity index (χ1v) is 6.82. The van der Waals surface area contributed by atoms with Crippen LogP contribution in [-0.4, -0.2) is 43.2 Å². The number of nitrogens with one attached hydrogen (secondary N) is 1. The number of benzene rings is 1. The average Bonchev–Trinajstić information content (AvgIpc) is 2.46. The van der Waals surface area contributed by atoms with E-state index in [1.807, 2.05) is 6.92 Å². The second-order valence-corrected chi connectivity index (χ2v) is 5.03. The van der Waals surface area contributed by atoms with E-state index in [4.69, 9.17) is 4.74 Å². The lowest BCUT2D eigenvalue weighted by molar-refractivity contribution is -0.127. The molecule has 0 unspecified atom stereocenters. The number of aryl methyl sites for hydroxylation is 1. The Labute approximate surface area is 114 Å². The molecule has 4 nitrogen and oxygen atoms in total. The van der Waals surface area contributed by atoms with Gasteiger partial charge in [-0.05, 0) is 19.4 Å². The zero-order chi connectivity index (χ0) is 13.7. The number of amides is 1. The highest BCUT2D eigenvalue weighted by Crippen LogP contribution is 2.05. The molecule has 1 aliphatic rings. The van der Waals surface area contributed by atoms with Crippen molar-refractivity contribution >= 4 is 5.91 Å². The number of carbonyl (C=O) groups is 1. The summed E-state index contributed by atoms with van der Waals surface area (Å²) < 4.78 is 5.30. The molecule has 0 spiro atoms. The lowest BCUT2D eigenvalue weighted by Gasteiger charge is -2.31. The molecule has 0 aromatic heterocycles. The summed E-state index contributed by atoms with van der Waals surface area (Å²) in [5.74, 6) is 0.0856. The number of nitrogens with zero attached hydrogens (tertiary/aromatic N) is 1. The van der Waals surface area contributed by atoms with Gasteiger partial charge < -0.3 is 10.1 Å². The van der Waals surface area contributed by atoms with Crippen LogP contribution in [0.3, 0.4) is 0 Å². The first kappa shape index (κ1) is 14.0. The molecule has 1 N–H and O–H groups in total. The average molecular weight is 262 g/mol. The molecule has 1 saturated heterocycles. The molecule has 1 fully saturated rings. The van der Waals surface area contributed by atoms with Crippen molar-refractivity contribution in [3.63, 3.8) is 0 Å². The van der Waals surface area contributed by atoms with E-state index in [2.05, 4.69) is 41.4 Å². The summed E-state index contributed by atoms with van der Waals surface area (Å²) in [7, 11) is 0. The Morgan fingerprint density at radius 3 is 2.58 bits per heavy atom. The van der Waals surface area contributed by atoms with Gasteiger partial charge in [0.25, 0.3) is 0 Å². The first-order valence-electron chi connectivity index (χ1n) is 6.82. The molecule has 1 amide bonds. The van der Waals surface area contributed by atoms with E-state index in [1.165, 1.54) is 5.56 Å². The Bertz CT molecular complexity index is 411. The number of rotatable bonds is 4. The van der Waals surface area contributed by atoms with Gasteiger partial charge in [-0.1, -0.05) is 29.8 Å².